The predicted molar refractivity (Wildman–Crippen MR) is 93.8 cm³/mol. The molecular formula is C17H30N4O. The van der Waals surface area contributed by atoms with Crippen LogP contribution in [0.4, 0.5) is 5.69 Å². The van der Waals surface area contributed by atoms with E-state index in [0.29, 0.717) is 0 Å². The van der Waals surface area contributed by atoms with Gasteiger partial charge in [0, 0.05) is 37.4 Å². The fourth-order valence-corrected chi connectivity index (χ4v) is 2.16. The summed E-state index contributed by atoms with van der Waals surface area (Å²) < 4.78 is 0. The molecule has 0 amide bonds. The molecule has 0 aliphatic carbocycles. The molecule has 0 bridgehead atoms. The Labute approximate surface area is 134 Å². The zero-order valence-corrected chi connectivity index (χ0v) is 14.5. The first kappa shape index (κ1) is 18.6. The number of nitrogens with zero attached hydrogens (tertiary/aromatic N) is 1. The van der Waals surface area contributed by atoms with Crippen LogP contribution >= 0.6 is 0 Å². The van der Waals surface area contributed by atoms with Crippen molar-refractivity contribution in [3.05, 3.63) is 29.8 Å². The van der Waals surface area contributed by atoms with E-state index in [-0.39, 0.29) is 5.78 Å². The molecule has 22 heavy (non-hydrogen) atoms. The molecule has 3 N–H and O–H groups in total. The second kappa shape index (κ2) is 8.88. The van der Waals surface area contributed by atoms with Crippen LogP contribution < -0.4 is 16.0 Å². The van der Waals surface area contributed by atoms with E-state index >= 15 is 0 Å². The number of benzene rings is 1. The van der Waals surface area contributed by atoms with Crippen LogP contribution in [0.15, 0.2) is 24.3 Å². The number of rotatable bonds is 10. The smallest absolute Gasteiger partial charge is 0.182 e. The Morgan fingerprint density at radius 1 is 1.05 bits per heavy atom. The van der Waals surface area contributed by atoms with E-state index in [0.717, 1.165) is 37.4 Å². The summed E-state index contributed by atoms with van der Waals surface area (Å²) in [4.78, 5) is 14.8. The highest BCUT2D eigenvalue weighted by molar-refractivity contribution is 6.02. The highest BCUT2D eigenvalue weighted by Crippen LogP contribution is 2.20. The summed E-state index contributed by atoms with van der Waals surface area (Å²) in [5.74, 6) is 0.146. The summed E-state index contributed by atoms with van der Waals surface area (Å²) in [5, 5.41) is 9.51. The zero-order chi connectivity index (χ0) is 16.6. The average molecular weight is 306 g/mol. The van der Waals surface area contributed by atoms with Crippen molar-refractivity contribution in [3.8, 4) is 0 Å². The third-order valence-corrected chi connectivity index (χ3v) is 4.06. The third kappa shape index (κ3) is 5.09. The van der Waals surface area contributed by atoms with Gasteiger partial charge in [-0.25, -0.2) is 0 Å². The lowest BCUT2D eigenvalue weighted by atomic mass is 9.91. The SMILES string of the molecule is CNCCNc1ccc(C(=O)C(C)(C)N(C)CCNC)cc1. The topological polar surface area (TPSA) is 56.4 Å². The molecule has 0 aliphatic heterocycles. The largest absolute Gasteiger partial charge is 0.384 e. The van der Waals surface area contributed by atoms with Crippen LogP contribution in [0.5, 0.6) is 0 Å². The van der Waals surface area contributed by atoms with Crippen molar-refractivity contribution in [1.82, 2.24) is 15.5 Å². The molecule has 0 heterocycles. The Hall–Kier alpha value is -1.43. The van der Waals surface area contributed by atoms with Crippen LogP contribution in [-0.2, 0) is 0 Å². The van der Waals surface area contributed by atoms with Gasteiger partial charge in [-0.05, 0) is 59.3 Å². The molecule has 0 saturated carbocycles. The highest BCUT2D eigenvalue weighted by atomic mass is 16.1. The van der Waals surface area contributed by atoms with Crippen molar-refractivity contribution in [3.63, 3.8) is 0 Å². The van der Waals surface area contributed by atoms with E-state index in [1.807, 2.05) is 59.3 Å². The average Bonchev–Trinajstić information content (AvgIpc) is 2.52. The van der Waals surface area contributed by atoms with Gasteiger partial charge in [-0.2, -0.15) is 0 Å². The van der Waals surface area contributed by atoms with E-state index in [1.54, 1.807) is 0 Å². The van der Waals surface area contributed by atoms with Crippen LogP contribution in [0.3, 0.4) is 0 Å². The van der Waals surface area contributed by atoms with E-state index in [4.69, 9.17) is 0 Å². The van der Waals surface area contributed by atoms with Crippen LogP contribution in [-0.4, -0.2) is 63.5 Å². The number of anilines is 1. The monoisotopic (exact) mass is 306 g/mol. The van der Waals surface area contributed by atoms with Gasteiger partial charge in [0.15, 0.2) is 5.78 Å². The number of Topliss-reactive ketones (excluding diaryl/α,β-unsaturated/α-hetero) is 1. The number of nitrogens with one attached hydrogen (secondary N) is 3. The van der Waals surface area contributed by atoms with E-state index < -0.39 is 5.54 Å². The first-order valence-electron chi connectivity index (χ1n) is 7.82. The van der Waals surface area contributed by atoms with Crippen molar-refractivity contribution >= 4 is 11.5 Å². The van der Waals surface area contributed by atoms with E-state index in [2.05, 4.69) is 20.9 Å². The summed E-state index contributed by atoms with van der Waals surface area (Å²) in [5.41, 5.74) is 1.27. The number of ketones is 1. The summed E-state index contributed by atoms with van der Waals surface area (Å²) >= 11 is 0. The van der Waals surface area contributed by atoms with Gasteiger partial charge >= 0.3 is 0 Å². The summed E-state index contributed by atoms with van der Waals surface area (Å²) in [6.07, 6.45) is 0. The Morgan fingerprint density at radius 2 is 1.64 bits per heavy atom. The molecule has 5 heteroatoms. The maximum Gasteiger partial charge on any atom is 0.182 e. The number of likely N-dealkylation sites (N-methyl/N-ethyl adjacent to an activating group) is 3. The van der Waals surface area contributed by atoms with Gasteiger partial charge < -0.3 is 16.0 Å². The molecule has 0 fully saturated rings. The van der Waals surface area contributed by atoms with Crippen LogP contribution in [0.1, 0.15) is 24.2 Å². The molecule has 1 aromatic rings. The molecule has 1 rings (SSSR count). The van der Waals surface area contributed by atoms with Gasteiger partial charge in [-0.3, -0.25) is 9.69 Å². The molecule has 0 aromatic heterocycles. The maximum atomic E-state index is 12.8. The lowest BCUT2D eigenvalue weighted by Crippen LogP contribution is -2.49. The van der Waals surface area contributed by atoms with Gasteiger partial charge in [0.1, 0.15) is 0 Å². The van der Waals surface area contributed by atoms with E-state index in [1.165, 1.54) is 0 Å². The lowest BCUT2D eigenvalue weighted by molar-refractivity contribution is 0.0710. The summed E-state index contributed by atoms with van der Waals surface area (Å²) in [6, 6.07) is 7.73. The van der Waals surface area contributed by atoms with Crippen molar-refractivity contribution in [2.75, 3.05) is 52.6 Å². The zero-order valence-electron chi connectivity index (χ0n) is 14.5. The molecule has 0 atom stereocenters. The number of carbonyl (C=O) groups excluding carboxylic acids is 1. The Morgan fingerprint density at radius 3 is 2.18 bits per heavy atom. The van der Waals surface area contributed by atoms with Crippen molar-refractivity contribution in [2.45, 2.75) is 19.4 Å². The minimum absolute atomic E-state index is 0.146. The van der Waals surface area contributed by atoms with Crippen LogP contribution in [0.2, 0.25) is 0 Å². The lowest BCUT2D eigenvalue weighted by Gasteiger charge is -2.34. The number of carbonyl (C=O) groups is 1. The van der Waals surface area contributed by atoms with Crippen LogP contribution in [0, 0.1) is 0 Å². The number of hydrogen-bond acceptors (Lipinski definition) is 5. The van der Waals surface area contributed by atoms with Gasteiger partial charge in [0.2, 0.25) is 0 Å². The molecule has 124 valence electrons. The standard InChI is InChI=1S/C17H30N4O/c1-17(2,21(5)13-12-19-4)16(22)14-6-8-15(9-7-14)20-11-10-18-3/h6-9,18-20H,10-13H2,1-5H3. The highest BCUT2D eigenvalue weighted by Gasteiger charge is 2.32. The van der Waals surface area contributed by atoms with Gasteiger partial charge in [0.05, 0.1) is 5.54 Å². The Kier molecular flexibility index (Phi) is 7.51. The second-order valence-electron chi connectivity index (χ2n) is 6.02. The maximum absolute atomic E-state index is 12.8. The van der Waals surface area contributed by atoms with Gasteiger partial charge in [0.25, 0.3) is 0 Å². The van der Waals surface area contributed by atoms with Crippen molar-refractivity contribution in [1.29, 1.82) is 0 Å². The molecular weight excluding hydrogens is 276 g/mol. The minimum atomic E-state index is -0.516. The third-order valence-electron chi connectivity index (χ3n) is 4.06. The van der Waals surface area contributed by atoms with Crippen molar-refractivity contribution < 1.29 is 4.79 Å². The minimum Gasteiger partial charge on any atom is -0.384 e. The quantitative estimate of drug-likeness (QED) is 0.451. The van der Waals surface area contributed by atoms with Gasteiger partial charge in [-0.1, -0.05) is 0 Å². The summed E-state index contributed by atoms with van der Waals surface area (Å²) in [7, 11) is 5.83. The number of hydrogen-bond donors (Lipinski definition) is 3. The molecule has 0 saturated heterocycles. The molecule has 0 aliphatic rings. The molecule has 5 nitrogen and oxygen atoms in total. The molecule has 1 aromatic carbocycles. The Bertz CT molecular complexity index is 456. The predicted octanol–water partition coefficient (Wildman–Crippen LogP) is 1.43. The second-order valence-corrected chi connectivity index (χ2v) is 6.02. The van der Waals surface area contributed by atoms with Crippen molar-refractivity contribution in [2.24, 2.45) is 0 Å². The molecule has 0 spiro atoms. The van der Waals surface area contributed by atoms with Crippen LogP contribution in [0.25, 0.3) is 0 Å². The summed E-state index contributed by atoms with van der Waals surface area (Å²) in [6.45, 7) is 7.42. The first-order valence-corrected chi connectivity index (χ1v) is 7.82. The fraction of sp³-hybridized carbons (Fsp3) is 0.588. The van der Waals surface area contributed by atoms with Gasteiger partial charge in [-0.15, -0.1) is 0 Å². The fourth-order valence-electron chi connectivity index (χ4n) is 2.16. The normalized spacial score (nSPS) is 11.7. The van der Waals surface area contributed by atoms with E-state index in [9.17, 15) is 4.79 Å². The molecule has 0 unspecified atom stereocenters. The molecule has 0 radical (unpaired) electrons. The first-order chi connectivity index (χ1) is 10.4. The Balaban J connectivity index is 2.71.